The van der Waals surface area contributed by atoms with Gasteiger partial charge in [-0.15, -0.1) is 0 Å². The van der Waals surface area contributed by atoms with Crippen LogP contribution in [-0.2, 0) is 0 Å². The third-order valence-corrected chi connectivity index (χ3v) is 4.26. The number of likely N-dealkylation sites (tertiary alicyclic amines) is 1. The van der Waals surface area contributed by atoms with E-state index in [1.807, 2.05) is 18.2 Å². The molecular formula is C14H20BrN3S. The van der Waals surface area contributed by atoms with Crippen molar-refractivity contribution in [3.63, 3.8) is 0 Å². The van der Waals surface area contributed by atoms with Crippen LogP contribution in [0.2, 0.25) is 0 Å². The van der Waals surface area contributed by atoms with Gasteiger partial charge in [0.1, 0.15) is 4.99 Å². The number of benzene rings is 1. The van der Waals surface area contributed by atoms with Gasteiger partial charge in [0.2, 0.25) is 0 Å². The number of rotatable bonds is 4. The SMILES string of the molecule is CN1CCCC(CNc2ccc(Br)cc2C(N)=S)C1. The Morgan fingerprint density at radius 1 is 1.58 bits per heavy atom. The molecule has 0 spiro atoms. The number of halogens is 1. The highest BCUT2D eigenvalue weighted by Crippen LogP contribution is 2.22. The number of nitrogens with two attached hydrogens (primary N) is 1. The Hall–Kier alpha value is -0.650. The molecule has 19 heavy (non-hydrogen) atoms. The van der Waals surface area contributed by atoms with Crippen LogP contribution in [0.1, 0.15) is 18.4 Å². The van der Waals surface area contributed by atoms with Gasteiger partial charge >= 0.3 is 0 Å². The Bertz CT molecular complexity index is 464. The van der Waals surface area contributed by atoms with Gasteiger partial charge in [-0.05, 0) is 50.6 Å². The third kappa shape index (κ3) is 4.16. The maximum atomic E-state index is 5.78. The van der Waals surface area contributed by atoms with E-state index in [0.717, 1.165) is 28.8 Å². The molecule has 1 saturated heterocycles. The fraction of sp³-hybridized carbons (Fsp3) is 0.500. The van der Waals surface area contributed by atoms with Gasteiger partial charge in [0.05, 0.1) is 0 Å². The minimum absolute atomic E-state index is 0.435. The summed E-state index contributed by atoms with van der Waals surface area (Å²) in [6.45, 7) is 3.35. The lowest BCUT2D eigenvalue weighted by Gasteiger charge is -2.30. The average molecular weight is 342 g/mol. The van der Waals surface area contributed by atoms with E-state index < -0.39 is 0 Å². The number of hydrogen-bond acceptors (Lipinski definition) is 3. The Morgan fingerprint density at radius 3 is 3.05 bits per heavy atom. The first-order chi connectivity index (χ1) is 9.06. The second-order valence-electron chi connectivity index (χ2n) is 5.21. The van der Waals surface area contributed by atoms with Gasteiger partial charge in [-0.3, -0.25) is 0 Å². The fourth-order valence-corrected chi connectivity index (χ4v) is 3.10. The molecule has 1 heterocycles. The van der Waals surface area contributed by atoms with Crippen molar-refractivity contribution in [2.75, 3.05) is 32.0 Å². The van der Waals surface area contributed by atoms with Crippen LogP contribution in [0.15, 0.2) is 22.7 Å². The molecule has 1 aliphatic rings. The monoisotopic (exact) mass is 341 g/mol. The lowest BCUT2D eigenvalue weighted by atomic mass is 9.98. The van der Waals surface area contributed by atoms with E-state index in [1.54, 1.807) is 0 Å². The molecule has 1 unspecified atom stereocenters. The van der Waals surface area contributed by atoms with Gasteiger partial charge in [0.25, 0.3) is 0 Å². The summed E-state index contributed by atoms with van der Waals surface area (Å²) in [5, 5.41) is 3.50. The standard InChI is InChI=1S/C14H20BrN3S/c1-18-6-2-3-10(9-18)8-17-13-5-4-11(15)7-12(13)14(16)19/h4-5,7,10,17H,2-3,6,8-9H2,1H3,(H2,16,19). The summed E-state index contributed by atoms with van der Waals surface area (Å²) in [4.78, 5) is 2.83. The highest BCUT2D eigenvalue weighted by Gasteiger charge is 2.17. The predicted molar refractivity (Wildman–Crippen MR) is 88.7 cm³/mol. The summed E-state index contributed by atoms with van der Waals surface area (Å²) in [5.41, 5.74) is 7.72. The minimum Gasteiger partial charge on any atom is -0.389 e. The van der Waals surface area contributed by atoms with Crippen molar-refractivity contribution < 1.29 is 0 Å². The van der Waals surface area contributed by atoms with Crippen LogP contribution < -0.4 is 11.1 Å². The molecule has 104 valence electrons. The zero-order valence-electron chi connectivity index (χ0n) is 11.2. The van der Waals surface area contributed by atoms with Crippen molar-refractivity contribution >= 4 is 38.8 Å². The van der Waals surface area contributed by atoms with E-state index in [0.29, 0.717) is 10.9 Å². The second kappa shape index (κ2) is 6.68. The quantitative estimate of drug-likeness (QED) is 0.826. The summed E-state index contributed by atoms with van der Waals surface area (Å²) >= 11 is 8.56. The molecule has 2 rings (SSSR count). The minimum atomic E-state index is 0.435. The highest BCUT2D eigenvalue weighted by molar-refractivity contribution is 9.10. The summed E-state index contributed by atoms with van der Waals surface area (Å²) in [6.07, 6.45) is 2.57. The molecule has 3 N–H and O–H groups in total. The first-order valence-corrected chi connectivity index (χ1v) is 7.78. The normalized spacial score (nSPS) is 20.2. The largest absolute Gasteiger partial charge is 0.389 e. The lowest BCUT2D eigenvalue weighted by molar-refractivity contribution is 0.217. The maximum Gasteiger partial charge on any atom is 0.106 e. The van der Waals surface area contributed by atoms with Crippen molar-refractivity contribution in [1.29, 1.82) is 0 Å². The van der Waals surface area contributed by atoms with Gasteiger partial charge in [-0.25, -0.2) is 0 Å². The topological polar surface area (TPSA) is 41.3 Å². The van der Waals surface area contributed by atoms with Crippen LogP contribution in [-0.4, -0.2) is 36.6 Å². The van der Waals surface area contributed by atoms with Crippen LogP contribution in [0.5, 0.6) is 0 Å². The van der Waals surface area contributed by atoms with Crippen LogP contribution in [0.25, 0.3) is 0 Å². The van der Waals surface area contributed by atoms with E-state index in [-0.39, 0.29) is 0 Å². The van der Waals surface area contributed by atoms with E-state index in [9.17, 15) is 0 Å². The molecule has 0 aliphatic carbocycles. The van der Waals surface area contributed by atoms with Gasteiger partial charge in [0, 0.05) is 28.8 Å². The van der Waals surface area contributed by atoms with E-state index >= 15 is 0 Å². The zero-order chi connectivity index (χ0) is 13.8. The zero-order valence-corrected chi connectivity index (χ0v) is 13.6. The molecule has 1 aromatic rings. The molecule has 1 aliphatic heterocycles. The van der Waals surface area contributed by atoms with Gasteiger partial charge in [-0.2, -0.15) is 0 Å². The van der Waals surface area contributed by atoms with E-state index in [1.165, 1.54) is 19.4 Å². The summed E-state index contributed by atoms with van der Waals surface area (Å²) in [5.74, 6) is 0.696. The van der Waals surface area contributed by atoms with E-state index in [2.05, 4.69) is 33.2 Å². The van der Waals surface area contributed by atoms with Crippen molar-refractivity contribution in [3.8, 4) is 0 Å². The Balaban J connectivity index is 2.01. The molecule has 3 nitrogen and oxygen atoms in total. The van der Waals surface area contributed by atoms with E-state index in [4.69, 9.17) is 18.0 Å². The third-order valence-electron chi connectivity index (χ3n) is 3.55. The fourth-order valence-electron chi connectivity index (χ4n) is 2.57. The highest BCUT2D eigenvalue weighted by atomic mass is 79.9. The first kappa shape index (κ1) is 14.8. The molecule has 1 aromatic carbocycles. The number of piperidine rings is 1. The molecule has 0 amide bonds. The first-order valence-electron chi connectivity index (χ1n) is 6.58. The summed E-state index contributed by atoms with van der Waals surface area (Å²) in [7, 11) is 2.19. The Morgan fingerprint density at radius 2 is 2.37 bits per heavy atom. The molecule has 1 atom stereocenters. The van der Waals surface area contributed by atoms with Crippen molar-refractivity contribution in [3.05, 3.63) is 28.2 Å². The lowest BCUT2D eigenvalue weighted by Crippen LogP contribution is -2.35. The summed E-state index contributed by atoms with van der Waals surface area (Å²) in [6, 6.07) is 6.01. The van der Waals surface area contributed by atoms with Crippen LogP contribution >= 0.6 is 28.1 Å². The number of anilines is 1. The van der Waals surface area contributed by atoms with Crippen molar-refractivity contribution in [1.82, 2.24) is 4.90 Å². The molecular weight excluding hydrogens is 322 g/mol. The summed E-state index contributed by atoms with van der Waals surface area (Å²) < 4.78 is 0.998. The van der Waals surface area contributed by atoms with Gasteiger partial charge in [0.15, 0.2) is 0 Å². The molecule has 5 heteroatoms. The average Bonchev–Trinajstić information content (AvgIpc) is 2.37. The van der Waals surface area contributed by atoms with Crippen LogP contribution in [0, 0.1) is 5.92 Å². The number of hydrogen-bond donors (Lipinski definition) is 2. The predicted octanol–water partition coefficient (Wildman–Crippen LogP) is 2.84. The molecule has 0 bridgehead atoms. The smallest absolute Gasteiger partial charge is 0.106 e. The molecule has 0 radical (unpaired) electrons. The van der Waals surface area contributed by atoms with Crippen LogP contribution in [0.3, 0.4) is 0 Å². The number of thiocarbonyl (C=S) groups is 1. The second-order valence-corrected chi connectivity index (χ2v) is 6.56. The molecule has 0 aromatic heterocycles. The van der Waals surface area contributed by atoms with Gasteiger partial charge in [-0.1, -0.05) is 28.1 Å². The molecule has 0 saturated carbocycles. The maximum absolute atomic E-state index is 5.78. The molecule has 1 fully saturated rings. The number of nitrogens with zero attached hydrogens (tertiary/aromatic N) is 1. The Kier molecular flexibility index (Phi) is 5.19. The van der Waals surface area contributed by atoms with Gasteiger partial charge < -0.3 is 16.0 Å². The van der Waals surface area contributed by atoms with Crippen molar-refractivity contribution in [2.24, 2.45) is 11.7 Å². The van der Waals surface area contributed by atoms with Crippen LogP contribution in [0.4, 0.5) is 5.69 Å². The Labute approximate surface area is 128 Å². The van der Waals surface area contributed by atoms with Crippen molar-refractivity contribution in [2.45, 2.75) is 12.8 Å². The number of nitrogens with one attached hydrogen (secondary N) is 1.